The Bertz CT molecular complexity index is 707. The Kier molecular flexibility index (Phi) is 7.07. The molecule has 2 amide bonds. The van der Waals surface area contributed by atoms with Crippen molar-refractivity contribution in [1.82, 2.24) is 20.8 Å². The quantitative estimate of drug-likeness (QED) is 0.658. The Morgan fingerprint density at radius 2 is 1.81 bits per heavy atom. The van der Waals surface area contributed by atoms with Gasteiger partial charge in [0, 0.05) is 12.1 Å². The second-order valence-corrected chi connectivity index (χ2v) is 5.39. The van der Waals surface area contributed by atoms with Crippen LogP contribution in [0, 0.1) is 0 Å². The lowest BCUT2D eigenvalue weighted by Crippen LogP contribution is -2.35. The SMILES string of the molecule is CCCCNC(=O)NCc1nc(-c2cc(OC)c(OC)c(OC)c2)no1. The predicted molar refractivity (Wildman–Crippen MR) is 94.5 cm³/mol. The zero-order chi connectivity index (χ0) is 18.9. The molecule has 0 saturated carbocycles. The Labute approximate surface area is 152 Å². The molecule has 0 fully saturated rings. The molecule has 0 spiro atoms. The summed E-state index contributed by atoms with van der Waals surface area (Å²) in [7, 11) is 4.59. The molecule has 0 atom stereocenters. The molecule has 2 rings (SSSR count). The lowest BCUT2D eigenvalue weighted by Gasteiger charge is -2.12. The van der Waals surface area contributed by atoms with Crippen LogP contribution < -0.4 is 24.8 Å². The average Bonchev–Trinajstić information content (AvgIpc) is 3.14. The second kappa shape index (κ2) is 9.50. The first-order valence-corrected chi connectivity index (χ1v) is 8.27. The minimum Gasteiger partial charge on any atom is -0.493 e. The van der Waals surface area contributed by atoms with Crippen LogP contribution in [0.1, 0.15) is 25.7 Å². The van der Waals surface area contributed by atoms with Crippen LogP contribution in [0.2, 0.25) is 0 Å². The van der Waals surface area contributed by atoms with Gasteiger partial charge in [0.05, 0.1) is 27.9 Å². The van der Waals surface area contributed by atoms with E-state index in [0.29, 0.717) is 41.1 Å². The van der Waals surface area contributed by atoms with Gasteiger partial charge in [-0.15, -0.1) is 0 Å². The van der Waals surface area contributed by atoms with Crippen molar-refractivity contribution < 1.29 is 23.5 Å². The number of ether oxygens (including phenoxy) is 3. The largest absolute Gasteiger partial charge is 0.493 e. The van der Waals surface area contributed by atoms with Gasteiger partial charge < -0.3 is 29.4 Å². The molecule has 1 heterocycles. The summed E-state index contributed by atoms with van der Waals surface area (Å²) in [6.45, 7) is 2.82. The standard InChI is InChI=1S/C17H24N4O5/c1-5-6-7-18-17(22)19-10-14-20-16(21-26-14)11-8-12(23-2)15(25-4)13(9-11)24-3/h8-9H,5-7,10H2,1-4H3,(H2,18,19,22). The van der Waals surface area contributed by atoms with Crippen LogP contribution in [0.4, 0.5) is 4.79 Å². The van der Waals surface area contributed by atoms with Gasteiger partial charge in [0.2, 0.25) is 17.5 Å². The maximum Gasteiger partial charge on any atom is 0.315 e. The number of unbranched alkanes of at least 4 members (excludes halogenated alkanes) is 1. The summed E-state index contributed by atoms with van der Waals surface area (Å²) < 4.78 is 21.1. The van der Waals surface area contributed by atoms with Crippen molar-refractivity contribution in [3.8, 4) is 28.6 Å². The Morgan fingerprint density at radius 3 is 2.38 bits per heavy atom. The molecule has 2 N–H and O–H groups in total. The number of aromatic nitrogens is 2. The normalized spacial score (nSPS) is 10.3. The van der Waals surface area contributed by atoms with Crippen LogP contribution in [0.25, 0.3) is 11.4 Å². The summed E-state index contributed by atoms with van der Waals surface area (Å²) in [5.74, 6) is 2.10. The smallest absolute Gasteiger partial charge is 0.315 e. The van der Waals surface area contributed by atoms with Crippen molar-refractivity contribution in [3.63, 3.8) is 0 Å². The molecule has 0 aliphatic heterocycles. The van der Waals surface area contributed by atoms with Crippen molar-refractivity contribution in [2.75, 3.05) is 27.9 Å². The fourth-order valence-corrected chi connectivity index (χ4v) is 2.25. The Morgan fingerprint density at radius 1 is 1.12 bits per heavy atom. The number of benzene rings is 1. The molecule has 142 valence electrons. The number of carbonyl (C=O) groups is 1. The number of hydrogen-bond donors (Lipinski definition) is 2. The number of hydrogen-bond acceptors (Lipinski definition) is 7. The lowest BCUT2D eigenvalue weighted by atomic mass is 10.1. The zero-order valence-electron chi connectivity index (χ0n) is 15.4. The van der Waals surface area contributed by atoms with E-state index in [2.05, 4.69) is 27.7 Å². The van der Waals surface area contributed by atoms with Crippen LogP contribution in [0.15, 0.2) is 16.7 Å². The highest BCUT2D eigenvalue weighted by atomic mass is 16.5. The summed E-state index contributed by atoms with van der Waals surface area (Å²) in [6.07, 6.45) is 1.95. The Balaban J connectivity index is 2.08. The van der Waals surface area contributed by atoms with E-state index < -0.39 is 0 Å². The lowest BCUT2D eigenvalue weighted by molar-refractivity contribution is 0.238. The van der Waals surface area contributed by atoms with Crippen LogP contribution in [-0.2, 0) is 6.54 Å². The minimum absolute atomic E-state index is 0.134. The molecule has 9 heteroatoms. The van der Waals surface area contributed by atoms with E-state index in [-0.39, 0.29) is 12.6 Å². The number of carbonyl (C=O) groups excluding carboxylic acids is 1. The molecule has 0 radical (unpaired) electrons. The number of nitrogens with one attached hydrogen (secondary N) is 2. The van der Waals surface area contributed by atoms with E-state index >= 15 is 0 Å². The molecule has 2 aromatic rings. The molecular weight excluding hydrogens is 340 g/mol. The van der Waals surface area contributed by atoms with Crippen LogP contribution in [0.5, 0.6) is 17.2 Å². The highest BCUT2D eigenvalue weighted by Crippen LogP contribution is 2.40. The summed E-state index contributed by atoms with van der Waals surface area (Å²) >= 11 is 0. The fourth-order valence-electron chi connectivity index (χ4n) is 2.25. The van der Waals surface area contributed by atoms with E-state index in [0.717, 1.165) is 12.8 Å². The van der Waals surface area contributed by atoms with E-state index in [1.165, 1.54) is 21.3 Å². The number of rotatable bonds is 9. The minimum atomic E-state index is -0.272. The molecule has 1 aromatic heterocycles. The third-order valence-electron chi connectivity index (χ3n) is 3.61. The van der Waals surface area contributed by atoms with Gasteiger partial charge in [0.15, 0.2) is 11.5 Å². The zero-order valence-corrected chi connectivity index (χ0v) is 15.4. The maximum absolute atomic E-state index is 11.6. The van der Waals surface area contributed by atoms with Crippen LogP contribution in [-0.4, -0.2) is 44.0 Å². The molecule has 0 unspecified atom stereocenters. The molecule has 0 aliphatic carbocycles. The molecule has 9 nitrogen and oxygen atoms in total. The van der Waals surface area contributed by atoms with Gasteiger partial charge in [0.25, 0.3) is 0 Å². The summed E-state index contributed by atoms with van der Waals surface area (Å²) in [5.41, 5.74) is 0.641. The predicted octanol–water partition coefficient (Wildman–Crippen LogP) is 2.36. The van der Waals surface area contributed by atoms with Gasteiger partial charge in [-0.05, 0) is 18.6 Å². The monoisotopic (exact) mass is 364 g/mol. The number of amides is 2. The molecule has 1 aromatic carbocycles. The molecule has 0 saturated heterocycles. The van der Waals surface area contributed by atoms with Crippen molar-refractivity contribution in [2.45, 2.75) is 26.3 Å². The highest BCUT2D eigenvalue weighted by molar-refractivity contribution is 5.73. The van der Waals surface area contributed by atoms with Gasteiger partial charge in [-0.25, -0.2) is 4.79 Å². The van der Waals surface area contributed by atoms with Crippen molar-refractivity contribution in [3.05, 3.63) is 18.0 Å². The first kappa shape index (κ1) is 19.4. The van der Waals surface area contributed by atoms with Crippen molar-refractivity contribution in [1.29, 1.82) is 0 Å². The van der Waals surface area contributed by atoms with E-state index in [1.807, 2.05) is 0 Å². The second-order valence-electron chi connectivity index (χ2n) is 5.39. The van der Waals surface area contributed by atoms with Crippen molar-refractivity contribution >= 4 is 6.03 Å². The number of nitrogens with zero attached hydrogens (tertiary/aromatic N) is 2. The van der Waals surface area contributed by atoms with Crippen molar-refractivity contribution in [2.24, 2.45) is 0 Å². The molecular formula is C17H24N4O5. The third kappa shape index (κ3) is 4.78. The average molecular weight is 364 g/mol. The van der Waals surface area contributed by atoms with E-state index in [4.69, 9.17) is 18.7 Å². The third-order valence-corrected chi connectivity index (χ3v) is 3.61. The first-order valence-electron chi connectivity index (χ1n) is 8.27. The first-order chi connectivity index (χ1) is 12.6. The van der Waals surface area contributed by atoms with Gasteiger partial charge in [-0.1, -0.05) is 18.5 Å². The van der Waals surface area contributed by atoms with Crippen LogP contribution in [0.3, 0.4) is 0 Å². The molecule has 0 bridgehead atoms. The molecule has 26 heavy (non-hydrogen) atoms. The maximum atomic E-state index is 11.6. The summed E-state index contributed by atoms with van der Waals surface area (Å²) in [6, 6.07) is 3.17. The van der Waals surface area contributed by atoms with Gasteiger partial charge in [-0.2, -0.15) is 4.98 Å². The van der Waals surface area contributed by atoms with Crippen LogP contribution >= 0.6 is 0 Å². The van der Waals surface area contributed by atoms with E-state index in [9.17, 15) is 4.79 Å². The number of urea groups is 1. The van der Waals surface area contributed by atoms with Gasteiger partial charge in [0.1, 0.15) is 0 Å². The molecule has 0 aliphatic rings. The topological polar surface area (TPSA) is 108 Å². The summed E-state index contributed by atoms with van der Waals surface area (Å²) in [5, 5.41) is 9.35. The van der Waals surface area contributed by atoms with Gasteiger partial charge in [-0.3, -0.25) is 0 Å². The van der Waals surface area contributed by atoms with Gasteiger partial charge >= 0.3 is 6.03 Å². The highest BCUT2D eigenvalue weighted by Gasteiger charge is 2.17. The van der Waals surface area contributed by atoms with E-state index in [1.54, 1.807) is 12.1 Å². The summed E-state index contributed by atoms with van der Waals surface area (Å²) in [4.78, 5) is 15.9. The Hall–Kier alpha value is -2.97. The fraction of sp³-hybridized carbons (Fsp3) is 0.471. The number of methoxy groups -OCH3 is 3.